The number of carbonyl (C=O) groups is 1. The largest absolute Gasteiger partial charge is 0.361 e. The molecule has 0 spiro atoms. The second kappa shape index (κ2) is 6.51. The fraction of sp³-hybridized carbons (Fsp3) is 0.333. The Morgan fingerprint density at radius 1 is 1.30 bits per heavy atom. The van der Waals surface area contributed by atoms with E-state index in [1.54, 1.807) is 26.0 Å². The first kappa shape index (κ1) is 17.2. The van der Waals surface area contributed by atoms with E-state index in [9.17, 15) is 13.2 Å². The quantitative estimate of drug-likeness (QED) is 0.869. The highest BCUT2D eigenvalue weighted by Gasteiger charge is 2.20. The number of aromatic nitrogens is 1. The molecule has 0 saturated heterocycles. The summed E-state index contributed by atoms with van der Waals surface area (Å²) in [4.78, 5) is 12.5. The third-order valence-corrected chi connectivity index (χ3v) is 5.06. The monoisotopic (exact) mass is 337 g/mol. The molecule has 7 nitrogen and oxygen atoms in total. The summed E-state index contributed by atoms with van der Waals surface area (Å²) in [7, 11) is -2.25. The van der Waals surface area contributed by atoms with Crippen molar-refractivity contribution in [3.05, 3.63) is 40.8 Å². The van der Waals surface area contributed by atoms with Gasteiger partial charge in [-0.25, -0.2) is 13.1 Å². The van der Waals surface area contributed by atoms with Crippen molar-refractivity contribution in [2.45, 2.75) is 32.1 Å². The Hall–Kier alpha value is -2.19. The van der Waals surface area contributed by atoms with Crippen molar-refractivity contribution >= 4 is 21.6 Å². The van der Waals surface area contributed by atoms with Gasteiger partial charge in [0.05, 0.1) is 10.6 Å². The normalized spacial score (nSPS) is 11.5. The summed E-state index contributed by atoms with van der Waals surface area (Å²) in [6.07, 6.45) is 0.563. The van der Waals surface area contributed by atoms with Crippen LogP contribution in [-0.2, 0) is 16.4 Å². The smallest absolute Gasteiger partial charge is 0.261 e. The molecule has 2 aromatic rings. The topological polar surface area (TPSA) is 101 Å². The zero-order chi connectivity index (χ0) is 17.2. The molecule has 0 aliphatic rings. The molecule has 8 heteroatoms. The average Bonchev–Trinajstić information content (AvgIpc) is 2.90. The molecular formula is C15H19N3O4S. The van der Waals surface area contributed by atoms with Gasteiger partial charge in [0, 0.05) is 5.69 Å². The first-order valence-electron chi connectivity index (χ1n) is 7.10. The number of rotatable bonds is 5. The second-order valence-electron chi connectivity index (χ2n) is 5.06. The second-order valence-corrected chi connectivity index (χ2v) is 6.91. The van der Waals surface area contributed by atoms with E-state index in [4.69, 9.17) is 4.52 Å². The van der Waals surface area contributed by atoms with Crippen LogP contribution in [0.4, 0.5) is 5.69 Å². The number of nitrogens with one attached hydrogen (secondary N) is 2. The van der Waals surface area contributed by atoms with Gasteiger partial charge in [-0.15, -0.1) is 0 Å². The molecule has 0 aliphatic carbocycles. The number of amides is 1. The predicted octanol–water partition coefficient (Wildman–Crippen LogP) is 2.01. The molecule has 1 aromatic heterocycles. The van der Waals surface area contributed by atoms with Gasteiger partial charge >= 0.3 is 0 Å². The zero-order valence-corrected chi connectivity index (χ0v) is 14.2. The molecular weight excluding hydrogens is 318 g/mol. The maximum atomic E-state index is 12.4. The summed E-state index contributed by atoms with van der Waals surface area (Å²) in [6, 6.07) is 4.71. The summed E-state index contributed by atoms with van der Waals surface area (Å²) < 4.78 is 31.3. The van der Waals surface area contributed by atoms with Crippen molar-refractivity contribution < 1.29 is 17.7 Å². The van der Waals surface area contributed by atoms with Crippen LogP contribution in [0.3, 0.4) is 0 Å². The molecule has 23 heavy (non-hydrogen) atoms. The van der Waals surface area contributed by atoms with Crippen LogP contribution in [-0.4, -0.2) is 26.5 Å². The van der Waals surface area contributed by atoms with Crippen LogP contribution in [0.5, 0.6) is 0 Å². The number of benzene rings is 1. The molecule has 1 amide bonds. The van der Waals surface area contributed by atoms with E-state index in [0.29, 0.717) is 34.7 Å². The average molecular weight is 337 g/mol. The van der Waals surface area contributed by atoms with Gasteiger partial charge in [-0.3, -0.25) is 4.79 Å². The van der Waals surface area contributed by atoms with Gasteiger partial charge in [-0.2, -0.15) is 0 Å². The lowest BCUT2D eigenvalue weighted by atomic mass is 10.1. The minimum absolute atomic E-state index is 0.121. The standard InChI is InChI=1S/C15H19N3O4S/c1-5-12-14(10(3)22-18-12)15(19)17-11-7-6-9(2)13(8-11)23(20,21)16-4/h6-8,16H,5H2,1-4H3,(H,17,19). The number of hydrogen-bond donors (Lipinski definition) is 2. The highest BCUT2D eigenvalue weighted by molar-refractivity contribution is 7.89. The molecule has 2 rings (SSSR count). The van der Waals surface area contributed by atoms with Crippen LogP contribution >= 0.6 is 0 Å². The third kappa shape index (κ3) is 3.43. The van der Waals surface area contributed by atoms with Crippen LogP contribution in [0, 0.1) is 13.8 Å². The Morgan fingerprint density at radius 3 is 2.61 bits per heavy atom. The molecule has 124 valence electrons. The van der Waals surface area contributed by atoms with E-state index >= 15 is 0 Å². The lowest BCUT2D eigenvalue weighted by Crippen LogP contribution is -2.20. The summed E-state index contributed by atoms with van der Waals surface area (Å²) in [6.45, 7) is 5.22. The van der Waals surface area contributed by atoms with Crippen molar-refractivity contribution in [1.82, 2.24) is 9.88 Å². The molecule has 0 atom stereocenters. The maximum absolute atomic E-state index is 12.4. The first-order chi connectivity index (χ1) is 10.8. The Bertz CT molecular complexity index is 840. The molecule has 2 N–H and O–H groups in total. The number of sulfonamides is 1. The van der Waals surface area contributed by atoms with Crippen LogP contribution < -0.4 is 10.0 Å². The van der Waals surface area contributed by atoms with Gasteiger partial charge in [0.25, 0.3) is 5.91 Å². The van der Waals surface area contributed by atoms with Gasteiger partial charge < -0.3 is 9.84 Å². The molecule has 0 radical (unpaired) electrons. The fourth-order valence-corrected chi connectivity index (χ4v) is 3.22. The molecule has 1 heterocycles. The molecule has 0 aliphatic heterocycles. The van der Waals surface area contributed by atoms with Gasteiger partial charge in [0.15, 0.2) is 0 Å². The van der Waals surface area contributed by atoms with Crippen LogP contribution in [0.15, 0.2) is 27.6 Å². The lowest BCUT2D eigenvalue weighted by Gasteiger charge is -2.10. The zero-order valence-electron chi connectivity index (χ0n) is 13.4. The van der Waals surface area contributed by atoms with Crippen LogP contribution in [0.25, 0.3) is 0 Å². The molecule has 0 saturated carbocycles. The minimum atomic E-state index is -3.59. The van der Waals surface area contributed by atoms with Gasteiger partial charge in [0.2, 0.25) is 10.0 Å². The summed E-state index contributed by atoms with van der Waals surface area (Å²) >= 11 is 0. The van der Waals surface area contributed by atoms with Gasteiger partial charge in [-0.1, -0.05) is 18.1 Å². The highest BCUT2D eigenvalue weighted by atomic mass is 32.2. The number of hydrogen-bond acceptors (Lipinski definition) is 5. The van der Waals surface area contributed by atoms with Crippen molar-refractivity contribution in [3.8, 4) is 0 Å². The Morgan fingerprint density at radius 2 is 2.00 bits per heavy atom. The molecule has 0 fully saturated rings. The van der Waals surface area contributed by atoms with E-state index in [0.717, 1.165) is 0 Å². The van der Waals surface area contributed by atoms with E-state index in [2.05, 4.69) is 15.2 Å². The molecule has 0 unspecified atom stereocenters. The van der Waals surface area contributed by atoms with Crippen LogP contribution in [0.1, 0.15) is 34.3 Å². The highest BCUT2D eigenvalue weighted by Crippen LogP contribution is 2.22. The van der Waals surface area contributed by atoms with E-state index in [1.165, 1.54) is 13.1 Å². The fourth-order valence-electron chi connectivity index (χ4n) is 2.22. The third-order valence-electron chi connectivity index (χ3n) is 3.50. The lowest BCUT2D eigenvalue weighted by molar-refractivity contribution is 0.102. The van der Waals surface area contributed by atoms with Crippen LogP contribution in [0.2, 0.25) is 0 Å². The molecule has 1 aromatic carbocycles. The number of aryl methyl sites for hydroxylation is 3. The summed E-state index contributed by atoms with van der Waals surface area (Å²) in [5, 5.41) is 6.53. The Balaban J connectivity index is 2.36. The number of carbonyl (C=O) groups excluding carboxylic acids is 1. The van der Waals surface area contributed by atoms with Gasteiger partial charge in [-0.05, 0) is 45.0 Å². The van der Waals surface area contributed by atoms with Crippen molar-refractivity contribution in [2.75, 3.05) is 12.4 Å². The predicted molar refractivity (Wildman–Crippen MR) is 86.0 cm³/mol. The SMILES string of the molecule is CCc1noc(C)c1C(=O)Nc1ccc(C)c(S(=O)(=O)NC)c1. The Kier molecular flexibility index (Phi) is 4.86. The number of anilines is 1. The van der Waals surface area contributed by atoms with E-state index in [-0.39, 0.29) is 10.8 Å². The minimum Gasteiger partial charge on any atom is -0.361 e. The number of nitrogens with zero attached hydrogens (tertiary/aromatic N) is 1. The van der Waals surface area contributed by atoms with E-state index in [1.807, 2.05) is 6.92 Å². The van der Waals surface area contributed by atoms with Crippen molar-refractivity contribution in [2.24, 2.45) is 0 Å². The maximum Gasteiger partial charge on any atom is 0.261 e. The molecule has 0 bridgehead atoms. The summed E-state index contributed by atoms with van der Waals surface area (Å²) in [5.74, 6) is 0.0480. The van der Waals surface area contributed by atoms with Crippen molar-refractivity contribution in [1.29, 1.82) is 0 Å². The first-order valence-corrected chi connectivity index (χ1v) is 8.59. The van der Waals surface area contributed by atoms with E-state index < -0.39 is 10.0 Å². The van der Waals surface area contributed by atoms with Crippen molar-refractivity contribution in [3.63, 3.8) is 0 Å². The summed E-state index contributed by atoms with van der Waals surface area (Å²) in [5.41, 5.74) is 1.92. The van der Waals surface area contributed by atoms with Gasteiger partial charge in [0.1, 0.15) is 11.3 Å². The Labute approximate surface area is 135 Å².